The fourth-order valence-corrected chi connectivity index (χ4v) is 14.6. The van der Waals surface area contributed by atoms with Crippen molar-refractivity contribution >= 4 is 68.2 Å². The lowest BCUT2D eigenvalue weighted by atomic mass is 9.78. The Labute approximate surface area is 443 Å². The van der Waals surface area contributed by atoms with Gasteiger partial charge in [0.15, 0.2) is 28.9 Å². The van der Waals surface area contributed by atoms with Crippen LogP contribution in [0.1, 0.15) is 105 Å². The highest BCUT2D eigenvalue weighted by Gasteiger charge is 2.43. The number of aromatic nitrogens is 3. The first-order valence-electron chi connectivity index (χ1n) is 27.4. The lowest BCUT2D eigenvalue weighted by molar-refractivity contribution is -0.706. The number of pyridine rings is 1. The highest BCUT2D eigenvalue weighted by atomic mass is 28.3. The van der Waals surface area contributed by atoms with Crippen LogP contribution >= 0.6 is 0 Å². The van der Waals surface area contributed by atoms with Gasteiger partial charge in [0.2, 0.25) is 5.69 Å². The molecule has 5 heterocycles. The Balaban J connectivity index is 1.11. The fraction of sp³-hybridized carbons (Fsp3) is 0.275. The number of para-hydroxylation sites is 3. The van der Waals surface area contributed by atoms with Crippen LogP contribution in [0.15, 0.2) is 167 Å². The van der Waals surface area contributed by atoms with Crippen LogP contribution in [0, 0.1) is 12.8 Å². The molecule has 12 rings (SSSR count). The summed E-state index contributed by atoms with van der Waals surface area (Å²) in [5.41, 5.74) is 21.3. The van der Waals surface area contributed by atoms with Gasteiger partial charge in [0.05, 0.1) is 26.6 Å². The first-order chi connectivity index (χ1) is 36.1. The number of rotatable bonds is 12. The highest BCUT2D eigenvalue weighted by Crippen LogP contribution is 2.49. The molecule has 0 spiro atoms. The molecule has 0 aliphatic carbocycles. The second-order valence-corrected chi connectivity index (χ2v) is 28.7. The average Bonchev–Trinajstić information content (AvgIpc) is 4.05. The topological polar surface area (TPSA) is 39.0 Å². The number of imidazole rings is 1. The maximum Gasteiger partial charge on any atom is 0.299 e. The zero-order chi connectivity index (χ0) is 52.2. The van der Waals surface area contributed by atoms with E-state index in [1.54, 1.807) is 0 Å². The van der Waals surface area contributed by atoms with Crippen molar-refractivity contribution in [3.8, 4) is 39.5 Å². The van der Waals surface area contributed by atoms with E-state index in [0.717, 1.165) is 74.5 Å². The molecule has 1 aliphatic rings. The van der Waals surface area contributed by atoms with Crippen LogP contribution in [-0.4, -0.2) is 12.6 Å². The molecule has 1 aliphatic heterocycles. The minimum Gasteiger partial charge on any atom is -0.455 e. The molecule has 0 bridgehead atoms. The molecule has 5 nitrogen and oxygen atoms in total. The lowest BCUT2D eigenvalue weighted by Crippen LogP contribution is -2.53. The molecule has 2 unspecified atom stereocenters. The van der Waals surface area contributed by atoms with Gasteiger partial charge < -0.3 is 8.83 Å². The molecule has 0 saturated heterocycles. The molecule has 0 saturated carbocycles. The van der Waals surface area contributed by atoms with Gasteiger partial charge in [-0.1, -0.05) is 165 Å². The zero-order valence-electron chi connectivity index (χ0n) is 45.8. The van der Waals surface area contributed by atoms with E-state index in [-0.39, 0.29) is 23.8 Å². The highest BCUT2D eigenvalue weighted by molar-refractivity contribution is 6.89. The summed E-state index contributed by atoms with van der Waals surface area (Å²) >= 11 is 0. The van der Waals surface area contributed by atoms with E-state index in [1.165, 1.54) is 77.7 Å². The number of fused-ring (bicyclic) bond motifs is 11. The number of hydrogen-bond acceptors (Lipinski definition) is 2. The summed E-state index contributed by atoms with van der Waals surface area (Å²) < 4.78 is 21.9. The Morgan fingerprint density at radius 1 is 0.653 bits per heavy atom. The van der Waals surface area contributed by atoms with Gasteiger partial charge in [0.1, 0.15) is 28.0 Å². The summed E-state index contributed by atoms with van der Waals surface area (Å²) in [6, 6.07) is 52.0. The number of allylic oxidation sites excluding steroid dienone is 1. The molecule has 0 radical (unpaired) electrons. The number of aryl methyl sites for hydroxylation is 3. The molecule has 7 aromatic carbocycles. The van der Waals surface area contributed by atoms with Crippen LogP contribution < -0.4 is 14.3 Å². The summed E-state index contributed by atoms with van der Waals surface area (Å²) in [6.07, 6.45) is 7.48. The van der Waals surface area contributed by atoms with E-state index in [0.29, 0.717) is 5.92 Å². The van der Waals surface area contributed by atoms with E-state index >= 15 is 0 Å². The van der Waals surface area contributed by atoms with Gasteiger partial charge in [-0.25, -0.2) is 4.57 Å². The molecular formula is C69H71N3O2Si+2. The Bertz CT molecular complexity index is 4030. The quantitative estimate of drug-likeness (QED) is 0.0695. The van der Waals surface area contributed by atoms with Crippen LogP contribution in [-0.2, 0) is 19.9 Å². The Morgan fingerprint density at radius 2 is 1.29 bits per heavy atom. The summed E-state index contributed by atoms with van der Waals surface area (Å²) in [7, 11) is 0.467. The standard InChI is InChI=1S/C69H71N3O2Si/c1-13-57-49(52-33-34-54-50-23-17-20-26-61(50)73-68(54)65(52)60-39-48(35-41(2)3)63(40-71(57)60)75(10,11)12)31-28-46-29-32-53-51-30-27-44(8)36-62(51)74-67(53)64(46)69-70(9)58-24-18-19-25-59(58)72(69)66-55(42(4)5)37-47(38-56(66)43(6)7)45-21-15-14-16-22-45/h13-27,29-30,32-34,36-43,49,57H,1,28,31,35H2,2-12H3/q+2. The number of hydrogen-bond donors (Lipinski definition) is 0. The van der Waals surface area contributed by atoms with Gasteiger partial charge in [-0.3, -0.25) is 0 Å². The first-order valence-corrected chi connectivity index (χ1v) is 30.9. The van der Waals surface area contributed by atoms with E-state index in [4.69, 9.17) is 8.83 Å². The molecular weight excluding hydrogens is 931 g/mol. The molecule has 376 valence electrons. The Kier molecular flexibility index (Phi) is 12.0. The number of benzene rings is 7. The van der Waals surface area contributed by atoms with Crippen molar-refractivity contribution < 1.29 is 18.0 Å². The van der Waals surface area contributed by atoms with E-state index in [9.17, 15) is 0 Å². The van der Waals surface area contributed by atoms with Crippen molar-refractivity contribution in [2.45, 2.75) is 111 Å². The molecule has 4 aromatic heterocycles. The fourth-order valence-electron chi connectivity index (χ4n) is 12.9. The molecule has 0 fully saturated rings. The predicted octanol–water partition coefficient (Wildman–Crippen LogP) is 17.3. The summed E-state index contributed by atoms with van der Waals surface area (Å²) in [6.45, 7) is 28.4. The number of nitrogens with zero attached hydrogens (tertiary/aromatic N) is 3. The van der Waals surface area contributed by atoms with Crippen molar-refractivity contribution in [2.75, 3.05) is 0 Å². The zero-order valence-corrected chi connectivity index (χ0v) is 46.8. The van der Waals surface area contributed by atoms with Crippen LogP contribution in [0.3, 0.4) is 0 Å². The minimum atomic E-state index is -1.79. The molecule has 0 amide bonds. The molecule has 2 atom stereocenters. The molecule has 75 heavy (non-hydrogen) atoms. The second kappa shape index (κ2) is 18.5. The maximum absolute atomic E-state index is 7.28. The van der Waals surface area contributed by atoms with E-state index in [1.807, 2.05) is 0 Å². The third-order valence-electron chi connectivity index (χ3n) is 16.4. The third-order valence-corrected chi connectivity index (χ3v) is 18.5. The Hall–Kier alpha value is -7.28. The summed E-state index contributed by atoms with van der Waals surface area (Å²) in [5, 5.41) is 6.12. The smallest absolute Gasteiger partial charge is 0.299 e. The lowest BCUT2D eigenvalue weighted by Gasteiger charge is -2.31. The molecule has 6 heteroatoms. The van der Waals surface area contributed by atoms with Gasteiger partial charge in [0.25, 0.3) is 5.82 Å². The largest absolute Gasteiger partial charge is 0.455 e. The van der Waals surface area contributed by atoms with Gasteiger partial charge >= 0.3 is 0 Å². The normalized spacial score (nSPS) is 14.9. The van der Waals surface area contributed by atoms with Gasteiger partial charge in [-0.15, -0.1) is 0 Å². The third kappa shape index (κ3) is 8.02. The van der Waals surface area contributed by atoms with Crippen molar-refractivity contribution in [1.29, 1.82) is 0 Å². The molecule has 11 aromatic rings. The van der Waals surface area contributed by atoms with Crippen molar-refractivity contribution in [3.63, 3.8) is 0 Å². The van der Waals surface area contributed by atoms with Crippen LogP contribution in [0.4, 0.5) is 0 Å². The summed E-state index contributed by atoms with van der Waals surface area (Å²) in [4.78, 5) is 0. The van der Waals surface area contributed by atoms with Crippen LogP contribution in [0.25, 0.3) is 94.4 Å². The van der Waals surface area contributed by atoms with Crippen LogP contribution in [0.2, 0.25) is 19.6 Å². The number of furan rings is 2. The molecule has 0 N–H and O–H groups in total. The van der Waals surface area contributed by atoms with Crippen molar-refractivity contribution in [2.24, 2.45) is 13.0 Å². The van der Waals surface area contributed by atoms with Crippen molar-refractivity contribution in [1.82, 2.24) is 4.57 Å². The first kappa shape index (κ1) is 48.6. The maximum atomic E-state index is 7.28. The summed E-state index contributed by atoms with van der Waals surface area (Å²) in [5.74, 6) is 2.24. The van der Waals surface area contributed by atoms with E-state index in [2.05, 4.69) is 247 Å². The van der Waals surface area contributed by atoms with Gasteiger partial charge in [-0.05, 0) is 120 Å². The SMILES string of the molecule is C=CC1C(CCc2ccc3c(oc4cc(C)ccc43)c2-c2n(-c3c(C(C)C)cc(-c4ccccc4)cc3C(C)C)c3ccccc3[n+]2C)c2ccc3c(oc4ccccc43)c2-c2cc(CC(C)C)c([Si](C)(C)C)c[n+]21. The van der Waals surface area contributed by atoms with Gasteiger partial charge in [0, 0.05) is 43.9 Å². The minimum absolute atomic E-state index is 0.0202. The van der Waals surface area contributed by atoms with Crippen molar-refractivity contribution in [3.05, 3.63) is 192 Å². The average molecular weight is 1000 g/mol. The Morgan fingerprint density at radius 3 is 2.00 bits per heavy atom. The van der Waals surface area contributed by atoms with E-state index < -0.39 is 8.07 Å². The predicted molar refractivity (Wildman–Crippen MR) is 317 cm³/mol. The van der Waals surface area contributed by atoms with Crippen LogP contribution in [0.5, 0.6) is 0 Å². The van der Waals surface area contributed by atoms with Gasteiger partial charge in [-0.2, -0.15) is 9.13 Å². The second-order valence-electron chi connectivity index (χ2n) is 23.7. The monoisotopic (exact) mass is 1000 g/mol.